The Hall–Kier alpha value is -4.93. The molecule has 0 aromatic heterocycles. The van der Waals surface area contributed by atoms with E-state index in [1.807, 2.05) is 0 Å². The summed E-state index contributed by atoms with van der Waals surface area (Å²) in [5.41, 5.74) is 0.284. The quantitative estimate of drug-likeness (QED) is 0.261. The van der Waals surface area contributed by atoms with Crippen LogP contribution in [0, 0.1) is 5.92 Å². The molecule has 0 bridgehead atoms. The molecule has 1 saturated carbocycles. The maximum absolute atomic E-state index is 13.6. The third kappa shape index (κ3) is 7.16. The number of anilines is 3. The molecule has 1 fully saturated rings. The average molecular weight is 604 g/mol. The molecular weight excluding hydrogens is 566 g/mol. The number of nitrogens with one attached hydrogen (secondary N) is 1. The zero-order valence-corrected chi connectivity index (χ0v) is 24.8. The molecule has 11 nitrogen and oxygen atoms in total. The standard InChI is InChI=1S/C33H37N3O8/c1-21(29(37)35(33(43)44-2)20-22-12-6-4-3-5-7-13-22)34-26-18-19-28(24-15-9-8-14-23(24)26)36(30(38)32(41)42)27-17-11-10-16-25(27)31(39)40/h8-11,14-19,21-22,34H,3-7,12-13,20H2,1-2H3,(H,39,40)(H,41,42)/t21-/m0/s1. The van der Waals surface area contributed by atoms with Gasteiger partial charge in [-0.05, 0) is 49.9 Å². The van der Waals surface area contributed by atoms with E-state index in [0.29, 0.717) is 16.5 Å². The zero-order chi connectivity index (χ0) is 31.8. The first-order valence-corrected chi connectivity index (χ1v) is 14.7. The van der Waals surface area contributed by atoms with Gasteiger partial charge in [-0.15, -0.1) is 0 Å². The van der Waals surface area contributed by atoms with E-state index in [9.17, 15) is 34.2 Å². The Balaban J connectivity index is 1.69. The monoisotopic (exact) mass is 603 g/mol. The number of imide groups is 1. The van der Waals surface area contributed by atoms with E-state index in [4.69, 9.17) is 4.74 Å². The highest BCUT2D eigenvalue weighted by molar-refractivity contribution is 6.40. The molecule has 1 atom stereocenters. The van der Waals surface area contributed by atoms with Crippen molar-refractivity contribution in [1.29, 1.82) is 0 Å². The zero-order valence-electron chi connectivity index (χ0n) is 24.8. The number of aliphatic carboxylic acids is 1. The van der Waals surface area contributed by atoms with Gasteiger partial charge in [-0.2, -0.15) is 0 Å². The largest absolute Gasteiger partial charge is 0.478 e. The second kappa shape index (κ2) is 14.5. The van der Waals surface area contributed by atoms with Crippen LogP contribution < -0.4 is 10.2 Å². The lowest BCUT2D eigenvalue weighted by Crippen LogP contribution is -2.47. The topological polar surface area (TPSA) is 154 Å². The third-order valence-electron chi connectivity index (χ3n) is 7.97. The number of carbonyl (C=O) groups excluding carboxylic acids is 3. The molecule has 1 aliphatic rings. The maximum atomic E-state index is 13.6. The predicted octanol–water partition coefficient (Wildman–Crippen LogP) is 6.04. The van der Waals surface area contributed by atoms with Gasteiger partial charge >= 0.3 is 23.9 Å². The van der Waals surface area contributed by atoms with E-state index in [1.54, 1.807) is 37.3 Å². The molecule has 0 radical (unpaired) electrons. The third-order valence-corrected chi connectivity index (χ3v) is 7.97. The summed E-state index contributed by atoms with van der Waals surface area (Å²) in [6.45, 7) is 1.91. The molecule has 3 amide bonds. The molecule has 1 aliphatic carbocycles. The number of fused-ring (bicyclic) bond motifs is 1. The minimum Gasteiger partial charge on any atom is -0.478 e. The molecule has 3 N–H and O–H groups in total. The number of nitrogens with zero attached hydrogens (tertiary/aromatic N) is 2. The molecule has 3 aromatic carbocycles. The summed E-state index contributed by atoms with van der Waals surface area (Å²) >= 11 is 0. The van der Waals surface area contributed by atoms with Crippen LogP contribution in [0.4, 0.5) is 21.9 Å². The van der Waals surface area contributed by atoms with E-state index in [2.05, 4.69) is 5.32 Å². The fraction of sp³-hybridized carbons (Fsp3) is 0.364. The molecule has 0 saturated heterocycles. The Morgan fingerprint density at radius 1 is 0.841 bits per heavy atom. The molecule has 0 spiro atoms. The van der Waals surface area contributed by atoms with Gasteiger partial charge in [-0.3, -0.25) is 14.5 Å². The van der Waals surface area contributed by atoms with Crippen molar-refractivity contribution in [1.82, 2.24) is 4.90 Å². The van der Waals surface area contributed by atoms with Gasteiger partial charge in [0.25, 0.3) is 5.91 Å². The minimum atomic E-state index is -1.76. The lowest BCUT2D eigenvalue weighted by atomic mass is 9.90. The lowest BCUT2D eigenvalue weighted by molar-refractivity contribution is -0.148. The fourth-order valence-electron chi connectivity index (χ4n) is 5.77. The van der Waals surface area contributed by atoms with Crippen molar-refractivity contribution in [3.8, 4) is 0 Å². The van der Waals surface area contributed by atoms with E-state index in [1.165, 1.54) is 43.9 Å². The smallest absolute Gasteiger partial charge is 0.416 e. The number of methoxy groups -OCH3 is 1. The van der Waals surface area contributed by atoms with Crippen LogP contribution in [0.15, 0.2) is 60.7 Å². The Bertz CT molecular complexity index is 1550. The first kappa shape index (κ1) is 32.0. The summed E-state index contributed by atoms with van der Waals surface area (Å²) in [6.07, 6.45) is 6.75. The summed E-state index contributed by atoms with van der Waals surface area (Å²) in [4.78, 5) is 65.2. The second-order valence-electron chi connectivity index (χ2n) is 10.9. The van der Waals surface area contributed by atoms with Crippen molar-refractivity contribution in [2.45, 2.75) is 57.9 Å². The number of ether oxygens (including phenoxy) is 1. The number of carboxylic acids is 2. The average Bonchev–Trinajstić information content (AvgIpc) is 3.01. The molecule has 3 aromatic rings. The number of hydrogen-bond donors (Lipinski definition) is 3. The van der Waals surface area contributed by atoms with Crippen LogP contribution in [0.5, 0.6) is 0 Å². The number of carboxylic acid groups (broad SMARTS) is 2. The number of para-hydroxylation sites is 1. The van der Waals surface area contributed by atoms with Gasteiger partial charge in [0.05, 0.1) is 24.0 Å². The number of hydrogen-bond acceptors (Lipinski definition) is 7. The molecule has 44 heavy (non-hydrogen) atoms. The maximum Gasteiger partial charge on any atom is 0.416 e. The van der Waals surface area contributed by atoms with Crippen molar-refractivity contribution in [3.63, 3.8) is 0 Å². The van der Waals surface area contributed by atoms with Gasteiger partial charge in [-0.1, -0.05) is 68.5 Å². The highest BCUT2D eigenvalue weighted by Crippen LogP contribution is 2.38. The minimum absolute atomic E-state index is 0.107. The summed E-state index contributed by atoms with van der Waals surface area (Å²) in [5, 5.41) is 23.6. The number of carbonyl (C=O) groups is 5. The predicted molar refractivity (Wildman–Crippen MR) is 165 cm³/mol. The first-order chi connectivity index (χ1) is 21.1. The van der Waals surface area contributed by atoms with Gasteiger partial charge in [0, 0.05) is 23.0 Å². The van der Waals surface area contributed by atoms with Crippen molar-refractivity contribution in [2.75, 3.05) is 23.9 Å². The molecule has 4 rings (SSSR count). The van der Waals surface area contributed by atoms with E-state index < -0.39 is 35.9 Å². The van der Waals surface area contributed by atoms with Crippen molar-refractivity contribution in [3.05, 3.63) is 66.2 Å². The van der Waals surface area contributed by atoms with Crippen LogP contribution in [0.3, 0.4) is 0 Å². The summed E-state index contributed by atoms with van der Waals surface area (Å²) in [6, 6.07) is 14.7. The summed E-state index contributed by atoms with van der Waals surface area (Å²) in [5.74, 6) is -4.69. The Labute approximate surface area is 255 Å². The van der Waals surface area contributed by atoms with Crippen LogP contribution in [0.25, 0.3) is 10.8 Å². The van der Waals surface area contributed by atoms with Crippen LogP contribution in [-0.2, 0) is 19.1 Å². The molecule has 0 unspecified atom stereocenters. The second-order valence-corrected chi connectivity index (χ2v) is 10.9. The molecular formula is C33H37N3O8. The highest BCUT2D eigenvalue weighted by atomic mass is 16.5. The lowest BCUT2D eigenvalue weighted by Gasteiger charge is -2.29. The summed E-state index contributed by atoms with van der Waals surface area (Å²) in [7, 11) is 1.25. The molecule has 232 valence electrons. The SMILES string of the molecule is COC(=O)N(CC1CCCCCCC1)C(=O)[C@H](C)Nc1ccc(N(C(=O)C(=O)O)c2ccccc2C(=O)O)c2ccccc12. The summed E-state index contributed by atoms with van der Waals surface area (Å²) < 4.78 is 4.97. The van der Waals surface area contributed by atoms with Crippen molar-refractivity contribution >= 4 is 57.7 Å². The number of rotatable bonds is 8. The van der Waals surface area contributed by atoms with E-state index in [0.717, 1.165) is 48.3 Å². The number of benzene rings is 3. The number of amides is 3. The van der Waals surface area contributed by atoms with Gasteiger partial charge in [0.1, 0.15) is 6.04 Å². The Morgan fingerprint density at radius 2 is 1.45 bits per heavy atom. The van der Waals surface area contributed by atoms with Crippen molar-refractivity contribution in [2.24, 2.45) is 5.92 Å². The van der Waals surface area contributed by atoms with Crippen LogP contribution in [-0.4, -0.2) is 64.7 Å². The number of aromatic carboxylic acids is 1. The van der Waals surface area contributed by atoms with Crippen molar-refractivity contribution < 1.29 is 38.9 Å². The van der Waals surface area contributed by atoms with Crippen LogP contribution in [0.2, 0.25) is 0 Å². The highest BCUT2D eigenvalue weighted by Gasteiger charge is 2.32. The molecule has 0 aliphatic heterocycles. The van der Waals surface area contributed by atoms with Gasteiger partial charge in [-0.25, -0.2) is 19.3 Å². The Kier molecular flexibility index (Phi) is 10.5. The van der Waals surface area contributed by atoms with E-state index in [-0.39, 0.29) is 29.4 Å². The van der Waals surface area contributed by atoms with E-state index >= 15 is 0 Å². The van der Waals surface area contributed by atoms with Gasteiger partial charge in [0.15, 0.2) is 0 Å². The Morgan fingerprint density at radius 3 is 2.09 bits per heavy atom. The van der Waals surface area contributed by atoms with Crippen LogP contribution in [0.1, 0.15) is 62.2 Å². The normalized spacial score (nSPS) is 14.5. The van der Waals surface area contributed by atoms with Gasteiger partial charge < -0.3 is 20.3 Å². The molecule has 0 heterocycles. The van der Waals surface area contributed by atoms with Crippen LogP contribution >= 0.6 is 0 Å². The first-order valence-electron chi connectivity index (χ1n) is 14.7. The van der Waals surface area contributed by atoms with Gasteiger partial charge in [0.2, 0.25) is 0 Å². The fourth-order valence-corrected chi connectivity index (χ4v) is 5.77. The molecule has 11 heteroatoms.